The minimum atomic E-state index is -4.46. The molecule has 0 atom stereocenters. The van der Waals surface area contributed by atoms with Gasteiger partial charge < -0.3 is 14.8 Å². The molecule has 0 aromatic heterocycles. The van der Waals surface area contributed by atoms with Gasteiger partial charge in [0.05, 0.1) is 22.2 Å². The van der Waals surface area contributed by atoms with Gasteiger partial charge in [0.25, 0.3) is 5.91 Å². The van der Waals surface area contributed by atoms with Crippen LogP contribution in [0.15, 0.2) is 47.2 Å². The second kappa shape index (κ2) is 11.6. The number of benzene rings is 2. The highest BCUT2D eigenvalue weighted by Crippen LogP contribution is 2.37. The highest BCUT2D eigenvalue weighted by atomic mass is 79.9. The van der Waals surface area contributed by atoms with Crippen molar-refractivity contribution in [2.75, 3.05) is 19.8 Å². The van der Waals surface area contributed by atoms with Gasteiger partial charge in [-0.25, -0.2) is 0 Å². The molecule has 2 aromatic rings. The Hall–Kier alpha value is -1.97. The first-order valence-corrected chi connectivity index (χ1v) is 10.3. The number of alkyl halides is 3. The molecule has 0 aliphatic carbocycles. The normalized spacial score (nSPS) is 11.9. The molecule has 0 bridgehead atoms. The standard InChI is InChI=1S/C20H16BrCl2F4NO3/c21-17(24)6-9-30-14-10-15(22)18(16(23)11-14)31-8-1-7-28-19(29)12-2-4-13(5-3-12)20(25,26)27/h2-6,10-11H,1,7-9H2,(H,28,29)/b17-6+. The fourth-order valence-corrected chi connectivity index (χ4v) is 3.03. The fraction of sp³-hybridized carbons (Fsp3) is 0.250. The van der Waals surface area contributed by atoms with Crippen LogP contribution in [0.1, 0.15) is 22.3 Å². The Morgan fingerprint density at radius 3 is 2.26 bits per heavy atom. The van der Waals surface area contributed by atoms with E-state index in [0.29, 0.717) is 12.2 Å². The summed E-state index contributed by atoms with van der Waals surface area (Å²) in [7, 11) is 0. The van der Waals surface area contributed by atoms with Gasteiger partial charge >= 0.3 is 6.18 Å². The molecule has 168 valence electrons. The van der Waals surface area contributed by atoms with Crippen molar-refractivity contribution in [3.63, 3.8) is 0 Å². The zero-order chi connectivity index (χ0) is 23.0. The lowest BCUT2D eigenvalue weighted by Gasteiger charge is -2.12. The Labute approximate surface area is 194 Å². The summed E-state index contributed by atoms with van der Waals surface area (Å²) in [6, 6.07) is 6.86. The van der Waals surface area contributed by atoms with Gasteiger partial charge in [0, 0.05) is 24.2 Å². The molecule has 0 radical (unpaired) electrons. The summed E-state index contributed by atoms with van der Waals surface area (Å²) in [5, 5.41) is 2.98. The maximum absolute atomic E-state index is 12.6. The molecule has 0 saturated heterocycles. The van der Waals surface area contributed by atoms with E-state index in [1.807, 2.05) is 0 Å². The number of halogens is 7. The lowest BCUT2D eigenvalue weighted by molar-refractivity contribution is -0.137. The van der Waals surface area contributed by atoms with Crippen LogP contribution in [0.3, 0.4) is 0 Å². The molecule has 0 aliphatic heterocycles. The van der Waals surface area contributed by atoms with Crippen LogP contribution in [0.2, 0.25) is 10.0 Å². The van der Waals surface area contributed by atoms with Crippen molar-refractivity contribution in [2.24, 2.45) is 0 Å². The summed E-state index contributed by atoms with van der Waals surface area (Å²) in [4.78, 5) is 12.0. The summed E-state index contributed by atoms with van der Waals surface area (Å²) in [5.41, 5.74) is -0.709. The summed E-state index contributed by atoms with van der Waals surface area (Å²) < 4.78 is 60.5. The predicted octanol–water partition coefficient (Wildman–Crippen LogP) is 6.80. The van der Waals surface area contributed by atoms with Crippen LogP contribution in [0.25, 0.3) is 0 Å². The maximum atomic E-state index is 12.6. The maximum Gasteiger partial charge on any atom is 0.416 e. The van der Waals surface area contributed by atoms with Crippen molar-refractivity contribution in [3.05, 3.63) is 68.4 Å². The van der Waals surface area contributed by atoms with Crippen LogP contribution in [-0.2, 0) is 6.18 Å². The molecule has 0 fully saturated rings. The topological polar surface area (TPSA) is 47.6 Å². The van der Waals surface area contributed by atoms with Gasteiger partial charge in [0.2, 0.25) is 0 Å². The fourth-order valence-electron chi connectivity index (χ4n) is 2.32. The van der Waals surface area contributed by atoms with Gasteiger partial charge in [0.1, 0.15) is 12.4 Å². The molecule has 1 N–H and O–H groups in total. The molecule has 1 amide bonds. The molecule has 2 aromatic carbocycles. The molecule has 0 saturated carbocycles. The summed E-state index contributed by atoms with van der Waals surface area (Å²) in [6.07, 6.45) is -2.89. The van der Waals surface area contributed by atoms with Gasteiger partial charge in [-0.3, -0.25) is 4.79 Å². The summed E-state index contributed by atoms with van der Waals surface area (Å²) >= 11 is 14.9. The van der Waals surface area contributed by atoms with E-state index in [1.54, 1.807) is 0 Å². The van der Waals surface area contributed by atoms with E-state index >= 15 is 0 Å². The Kier molecular flexibility index (Phi) is 9.46. The van der Waals surface area contributed by atoms with Crippen molar-refractivity contribution >= 4 is 45.0 Å². The second-order valence-electron chi connectivity index (χ2n) is 6.05. The van der Waals surface area contributed by atoms with Crippen LogP contribution >= 0.6 is 39.1 Å². The first kappa shape index (κ1) is 25.3. The van der Waals surface area contributed by atoms with Crippen molar-refractivity contribution in [1.29, 1.82) is 0 Å². The van der Waals surface area contributed by atoms with Crippen molar-refractivity contribution in [2.45, 2.75) is 12.6 Å². The smallest absolute Gasteiger partial charge is 0.416 e. The first-order chi connectivity index (χ1) is 14.6. The van der Waals surface area contributed by atoms with E-state index in [4.69, 9.17) is 32.7 Å². The third-order valence-corrected chi connectivity index (χ3v) is 4.67. The number of carbonyl (C=O) groups is 1. The first-order valence-electron chi connectivity index (χ1n) is 8.79. The number of hydrogen-bond acceptors (Lipinski definition) is 3. The monoisotopic (exact) mass is 543 g/mol. The molecule has 2 rings (SSSR count). The quantitative estimate of drug-likeness (QED) is 0.279. The predicted molar refractivity (Wildman–Crippen MR) is 114 cm³/mol. The third kappa shape index (κ3) is 8.23. The third-order valence-electron chi connectivity index (χ3n) is 3.79. The van der Waals surface area contributed by atoms with E-state index in [0.717, 1.165) is 24.3 Å². The van der Waals surface area contributed by atoms with Crippen LogP contribution in [0.4, 0.5) is 17.6 Å². The SMILES string of the molecule is O=C(NCCCOc1c(Cl)cc(OC/C=C(/F)Br)cc1Cl)c1ccc(C(F)(F)F)cc1. The Morgan fingerprint density at radius 2 is 1.71 bits per heavy atom. The van der Waals surface area contributed by atoms with Crippen molar-refractivity contribution in [1.82, 2.24) is 5.32 Å². The molecule has 0 spiro atoms. The van der Waals surface area contributed by atoms with E-state index in [9.17, 15) is 22.4 Å². The van der Waals surface area contributed by atoms with Crippen LogP contribution in [0.5, 0.6) is 11.5 Å². The summed E-state index contributed by atoms with van der Waals surface area (Å²) in [6.45, 7) is 0.369. The Morgan fingerprint density at radius 1 is 1.10 bits per heavy atom. The minimum absolute atomic E-state index is 0.0252. The van der Waals surface area contributed by atoms with Crippen LogP contribution < -0.4 is 14.8 Å². The van der Waals surface area contributed by atoms with Gasteiger partial charge in [-0.1, -0.05) is 23.2 Å². The molecule has 31 heavy (non-hydrogen) atoms. The number of amides is 1. The number of carbonyl (C=O) groups excluding carboxylic acids is 1. The van der Waals surface area contributed by atoms with E-state index in [1.165, 1.54) is 18.2 Å². The molecule has 4 nitrogen and oxygen atoms in total. The average molecular weight is 545 g/mol. The van der Waals surface area contributed by atoms with Gasteiger partial charge in [-0.15, -0.1) is 0 Å². The lowest BCUT2D eigenvalue weighted by Crippen LogP contribution is -2.25. The molecule has 11 heteroatoms. The molecule has 0 unspecified atom stereocenters. The van der Waals surface area contributed by atoms with E-state index < -0.39 is 22.4 Å². The van der Waals surface area contributed by atoms with E-state index in [2.05, 4.69) is 21.2 Å². The van der Waals surface area contributed by atoms with Crippen LogP contribution in [-0.4, -0.2) is 25.7 Å². The number of ether oxygens (including phenoxy) is 2. The minimum Gasteiger partial charge on any atom is -0.490 e. The Balaban J connectivity index is 1.79. The van der Waals surface area contributed by atoms with Crippen molar-refractivity contribution in [3.8, 4) is 11.5 Å². The Bertz CT molecular complexity index is 910. The average Bonchev–Trinajstić information content (AvgIpc) is 2.68. The number of nitrogens with one attached hydrogen (secondary N) is 1. The van der Waals surface area contributed by atoms with Gasteiger partial charge in [-0.05, 0) is 52.7 Å². The molecular formula is C20H16BrCl2F4NO3. The van der Waals surface area contributed by atoms with Crippen LogP contribution in [0, 0.1) is 0 Å². The summed E-state index contributed by atoms with van der Waals surface area (Å²) in [5.74, 6) is 0.0587. The zero-order valence-corrected chi connectivity index (χ0v) is 18.8. The second-order valence-corrected chi connectivity index (χ2v) is 7.63. The van der Waals surface area contributed by atoms with Crippen molar-refractivity contribution < 1.29 is 31.8 Å². The largest absolute Gasteiger partial charge is 0.490 e. The van der Waals surface area contributed by atoms with E-state index in [-0.39, 0.29) is 41.1 Å². The highest BCUT2D eigenvalue weighted by Gasteiger charge is 2.30. The zero-order valence-electron chi connectivity index (χ0n) is 15.7. The lowest BCUT2D eigenvalue weighted by atomic mass is 10.1. The van der Waals surface area contributed by atoms with Gasteiger partial charge in [0.15, 0.2) is 10.5 Å². The molecule has 0 aliphatic rings. The number of rotatable bonds is 9. The molecular weight excluding hydrogens is 529 g/mol. The van der Waals surface area contributed by atoms with Gasteiger partial charge in [-0.2, -0.15) is 17.6 Å². The molecule has 0 heterocycles. The number of hydrogen-bond donors (Lipinski definition) is 1. The highest BCUT2D eigenvalue weighted by molar-refractivity contribution is 9.11.